The lowest BCUT2D eigenvalue weighted by Crippen LogP contribution is -2.41. The van der Waals surface area contributed by atoms with Crippen LogP contribution >= 0.6 is 11.3 Å². The summed E-state index contributed by atoms with van der Waals surface area (Å²) in [5.41, 5.74) is 1.47. The minimum absolute atomic E-state index is 0.0129. The summed E-state index contributed by atoms with van der Waals surface area (Å²) in [6.07, 6.45) is 4.42. The van der Waals surface area contributed by atoms with Gasteiger partial charge in [0.2, 0.25) is 5.91 Å². The number of carbonyl (C=O) groups is 1. The quantitative estimate of drug-likeness (QED) is 0.706. The first-order chi connectivity index (χ1) is 12.5. The van der Waals surface area contributed by atoms with Gasteiger partial charge in [-0.1, -0.05) is 13.8 Å². The van der Waals surface area contributed by atoms with Gasteiger partial charge < -0.3 is 4.90 Å². The fourth-order valence-corrected chi connectivity index (χ4v) is 4.78. The lowest BCUT2D eigenvalue weighted by molar-refractivity contribution is -0.133. The Bertz CT molecular complexity index is 1040. The van der Waals surface area contributed by atoms with Crippen molar-refractivity contribution in [1.82, 2.24) is 24.1 Å². The van der Waals surface area contributed by atoms with E-state index in [4.69, 9.17) is 0 Å². The summed E-state index contributed by atoms with van der Waals surface area (Å²) in [5.74, 6) is 0.620. The Morgan fingerprint density at radius 2 is 2.08 bits per heavy atom. The molecule has 3 aromatic rings. The van der Waals surface area contributed by atoms with E-state index in [2.05, 4.69) is 30.9 Å². The second kappa shape index (κ2) is 6.50. The number of aromatic nitrogens is 4. The van der Waals surface area contributed by atoms with Gasteiger partial charge in [-0.15, -0.1) is 16.4 Å². The lowest BCUT2D eigenvalue weighted by Gasteiger charge is -2.30. The molecule has 8 heteroatoms. The summed E-state index contributed by atoms with van der Waals surface area (Å²) in [7, 11) is 0. The molecule has 0 aromatic carbocycles. The molecule has 0 bridgehead atoms. The number of fused-ring (bicyclic) bond motifs is 3. The summed E-state index contributed by atoms with van der Waals surface area (Å²) >= 11 is 1.62. The first-order valence-electron chi connectivity index (χ1n) is 9.13. The van der Waals surface area contributed by atoms with Gasteiger partial charge in [0.1, 0.15) is 17.7 Å². The van der Waals surface area contributed by atoms with Crippen molar-refractivity contribution in [3.8, 4) is 0 Å². The van der Waals surface area contributed by atoms with Crippen LogP contribution in [0.1, 0.15) is 37.1 Å². The van der Waals surface area contributed by atoms with E-state index in [9.17, 15) is 9.59 Å². The maximum atomic E-state index is 12.7. The van der Waals surface area contributed by atoms with Crippen LogP contribution in [0.5, 0.6) is 0 Å². The minimum Gasteiger partial charge on any atom is -0.341 e. The molecule has 0 aliphatic carbocycles. The first kappa shape index (κ1) is 17.2. The fraction of sp³-hybridized carbons (Fsp3) is 0.556. The number of thiophene rings is 1. The first-order valence-corrected chi connectivity index (χ1v) is 9.95. The molecule has 0 spiro atoms. The number of hydrogen-bond donors (Lipinski definition) is 0. The summed E-state index contributed by atoms with van der Waals surface area (Å²) in [6.45, 7) is 7.88. The molecule has 26 heavy (non-hydrogen) atoms. The number of hydrogen-bond acceptors (Lipinski definition) is 5. The molecule has 1 amide bonds. The molecule has 0 N–H and O–H groups in total. The Morgan fingerprint density at radius 1 is 1.35 bits per heavy atom. The Hall–Kier alpha value is -2.22. The zero-order chi connectivity index (χ0) is 18.4. The van der Waals surface area contributed by atoms with Crippen LogP contribution in [-0.2, 0) is 17.8 Å². The van der Waals surface area contributed by atoms with Crippen molar-refractivity contribution in [2.75, 3.05) is 13.1 Å². The zero-order valence-corrected chi connectivity index (χ0v) is 16.2. The average molecular weight is 373 g/mol. The van der Waals surface area contributed by atoms with Crippen molar-refractivity contribution in [2.45, 2.75) is 46.6 Å². The van der Waals surface area contributed by atoms with E-state index in [0.717, 1.165) is 42.6 Å². The van der Waals surface area contributed by atoms with Crippen LogP contribution in [0.3, 0.4) is 0 Å². The largest absolute Gasteiger partial charge is 0.352 e. The van der Waals surface area contributed by atoms with Crippen LogP contribution in [-0.4, -0.2) is 43.1 Å². The highest BCUT2D eigenvalue weighted by molar-refractivity contribution is 7.18. The molecule has 0 atom stereocenters. The van der Waals surface area contributed by atoms with Crippen LogP contribution in [0, 0.1) is 12.8 Å². The third-order valence-electron chi connectivity index (χ3n) is 5.35. The highest BCUT2D eigenvalue weighted by atomic mass is 32.1. The van der Waals surface area contributed by atoms with Crippen LogP contribution in [0.4, 0.5) is 0 Å². The van der Waals surface area contributed by atoms with Gasteiger partial charge in [0.05, 0.1) is 5.39 Å². The van der Waals surface area contributed by atoms with E-state index >= 15 is 0 Å². The molecule has 3 aromatic heterocycles. The van der Waals surface area contributed by atoms with Crippen molar-refractivity contribution in [3.05, 3.63) is 27.3 Å². The second-order valence-corrected chi connectivity index (χ2v) is 8.32. The minimum atomic E-state index is -0.306. The normalized spacial score (nSPS) is 16.0. The Morgan fingerprint density at radius 3 is 2.77 bits per heavy atom. The van der Waals surface area contributed by atoms with Crippen LogP contribution in [0.15, 0.2) is 11.1 Å². The van der Waals surface area contributed by atoms with Crippen LogP contribution in [0.2, 0.25) is 0 Å². The number of amides is 1. The van der Waals surface area contributed by atoms with E-state index in [-0.39, 0.29) is 18.1 Å². The number of aryl methyl sites for hydroxylation is 2. The molecule has 1 aliphatic rings. The molecule has 4 rings (SSSR count). The Balaban J connectivity index is 1.72. The van der Waals surface area contributed by atoms with Gasteiger partial charge in [0.25, 0.3) is 0 Å². The summed E-state index contributed by atoms with van der Waals surface area (Å²) in [6, 6.07) is 0. The van der Waals surface area contributed by atoms with Crippen molar-refractivity contribution in [1.29, 1.82) is 0 Å². The maximum absolute atomic E-state index is 12.7. The van der Waals surface area contributed by atoms with E-state index in [1.165, 1.54) is 25.9 Å². The van der Waals surface area contributed by atoms with E-state index in [1.54, 1.807) is 11.3 Å². The number of carbonyl (C=O) groups excluding carboxylic acids is 1. The van der Waals surface area contributed by atoms with E-state index in [0.29, 0.717) is 11.6 Å². The predicted octanol–water partition coefficient (Wildman–Crippen LogP) is 2.24. The van der Waals surface area contributed by atoms with Gasteiger partial charge in [-0.05, 0) is 37.7 Å². The van der Waals surface area contributed by atoms with Gasteiger partial charge in [-0.3, -0.25) is 4.79 Å². The number of rotatable bonds is 3. The third-order valence-corrected chi connectivity index (χ3v) is 6.41. The van der Waals surface area contributed by atoms with Crippen LogP contribution < -0.4 is 5.69 Å². The van der Waals surface area contributed by atoms with Crippen LogP contribution in [0.25, 0.3) is 15.9 Å². The SMILES string of the molecule is CCc1c(C)sc2ncn3c(=O)n(CC(=O)N4CCC(C)CC4)nc3c12. The molecule has 4 heterocycles. The maximum Gasteiger partial charge on any atom is 0.352 e. The van der Waals surface area contributed by atoms with Gasteiger partial charge in [-0.25, -0.2) is 18.9 Å². The van der Waals surface area contributed by atoms with Crippen molar-refractivity contribution >= 4 is 33.1 Å². The number of piperidine rings is 1. The van der Waals surface area contributed by atoms with Gasteiger partial charge in [0.15, 0.2) is 5.65 Å². The molecule has 1 fully saturated rings. The summed E-state index contributed by atoms with van der Waals surface area (Å²) in [5, 5.41) is 5.44. The molecule has 138 valence electrons. The monoisotopic (exact) mass is 373 g/mol. The highest BCUT2D eigenvalue weighted by Gasteiger charge is 2.23. The number of likely N-dealkylation sites (tertiary alicyclic amines) is 1. The van der Waals surface area contributed by atoms with Gasteiger partial charge in [-0.2, -0.15) is 0 Å². The summed E-state index contributed by atoms with van der Waals surface area (Å²) < 4.78 is 2.74. The van der Waals surface area contributed by atoms with E-state index < -0.39 is 0 Å². The molecule has 1 saturated heterocycles. The standard InChI is InChI=1S/C18H23N5O2S/c1-4-13-12(3)26-17-15(13)16-20-23(18(25)22(16)10-19-17)9-14(24)21-7-5-11(2)6-8-21/h10-11H,4-9H2,1-3H3. The van der Waals surface area contributed by atoms with Crippen molar-refractivity contribution < 1.29 is 4.79 Å². The predicted molar refractivity (Wildman–Crippen MR) is 102 cm³/mol. The lowest BCUT2D eigenvalue weighted by atomic mass is 9.99. The average Bonchev–Trinajstić information content (AvgIpc) is 3.12. The second-order valence-electron chi connectivity index (χ2n) is 7.11. The highest BCUT2D eigenvalue weighted by Crippen LogP contribution is 2.31. The molecular formula is C18H23N5O2S. The molecule has 0 saturated carbocycles. The molecule has 1 aliphatic heterocycles. The smallest absolute Gasteiger partial charge is 0.341 e. The number of nitrogens with zero attached hydrogens (tertiary/aromatic N) is 5. The zero-order valence-electron chi connectivity index (χ0n) is 15.4. The van der Waals surface area contributed by atoms with Crippen molar-refractivity contribution in [3.63, 3.8) is 0 Å². The fourth-order valence-electron chi connectivity index (χ4n) is 3.70. The van der Waals surface area contributed by atoms with Gasteiger partial charge in [0, 0.05) is 18.0 Å². The molecular weight excluding hydrogens is 350 g/mol. The topological polar surface area (TPSA) is 72.5 Å². The Labute approximate surface area is 155 Å². The van der Waals surface area contributed by atoms with E-state index in [1.807, 2.05) is 4.90 Å². The van der Waals surface area contributed by atoms with Crippen molar-refractivity contribution in [2.24, 2.45) is 5.92 Å². The summed E-state index contributed by atoms with van der Waals surface area (Å²) in [4.78, 5) is 33.7. The van der Waals surface area contributed by atoms with Gasteiger partial charge >= 0.3 is 5.69 Å². The molecule has 0 unspecified atom stereocenters. The molecule has 7 nitrogen and oxygen atoms in total. The Kier molecular flexibility index (Phi) is 4.30. The third kappa shape index (κ3) is 2.72. The molecule has 0 radical (unpaired) electrons.